The van der Waals surface area contributed by atoms with Crippen LogP contribution in [0, 0.1) is 11.3 Å². The number of hydrogen-bond acceptors (Lipinski definition) is 1. The van der Waals surface area contributed by atoms with Crippen molar-refractivity contribution in [2.75, 3.05) is 5.88 Å². The molecule has 1 saturated carbocycles. The highest BCUT2D eigenvalue weighted by Gasteiger charge is 2.43. The van der Waals surface area contributed by atoms with E-state index in [2.05, 4.69) is 20.8 Å². The molecule has 1 spiro atoms. The maximum Gasteiger partial charge on any atom is 0.0687 e. The maximum absolute atomic E-state index is 6.48. The average Bonchev–Trinajstić information content (AvgIpc) is 2.72. The average molecular weight is 273 g/mol. The molecule has 0 aromatic heterocycles. The van der Waals surface area contributed by atoms with Gasteiger partial charge in [-0.2, -0.15) is 0 Å². The molecular formula is C16H29ClO. The Morgan fingerprint density at radius 2 is 1.89 bits per heavy atom. The Bertz CT molecular complexity index is 270. The first-order valence-corrected chi connectivity index (χ1v) is 8.27. The van der Waals surface area contributed by atoms with Gasteiger partial charge in [-0.25, -0.2) is 0 Å². The third kappa shape index (κ3) is 3.04. The lowest BCUT2D eigenvalue weighted by molar-refractivity contribution is -0.0774. The highest BCUT2D eigenvalue weighted by molar-refractivity contribution is 6.18. The van der Waals surface area contributed by atoms with Gasteiger partial charge in [-0.1, -0.05) is 40.0 Å². The quantitative estimate of drug-likeness (QED) is 0.643. The zero-order valence-corrected chi connectivity index (χ0v) is 13.1. The second-order valence-electron chi connectivity index (χ2n) is 7.17. The van der Waals surface area contributed by atoms with Gasteiger partial charge in [0.1, 0.15) is 0 Å². The lowest BCUT2D eigenvalue weighted by Crippen LogP contribution is -2.35. The molecule has 2 rings (SSSR count). The largest absolute Gasteiger partial charge is 0.372 e. The van der Waals surface area contributed by atoms with Gasteiger partial charge in [-0.3, -0.25) is 0 Å². The zero-order chi connectivity index (χ0) is 13.2. The topological polar surface area (TPSA) is 9.23 Å². The van der Waals surface area contributed by atoms with Gasteiger partial charge >= 0.3 is 0 Å². The van der Waals surface area contributed by atoms with Gasteiger partial charge in [-0.15, -0.1) is 11.6 Å². The van der Waals surface area contributed by atoms with Crippen LogP contribution in [0.2, 0.25) is 0 Å². The summed E-state index contributed by atoms with van der Waals surface area (Å²) < 4.78 is 6.48. The Hall–Kier alpha value is 0.250. The second kappa shape index (κ2) is 5.71. The molecule has 0 aromatic rings. The summed E-state index contributed by atoms with van der Waals surface area (Å²) in [6.07, 6.45) is 10.8. The standard InChI is InChI=1S/C16H29ClO/c1-13(2)15(3,12-17)11-14-7-10-16(18-14)8-5-4-6-9-16/h13-14H,4-12H2,1-3H3. The molecule has 2 unspecified atom stereocenters. The van der Waals surface area contributed by atoms with Crippen molar-refractivity contribution in [1.82, 2.24) is 0 Å². The third-order valence-electron chi connectivity index (χ3n) is 5.50. The summed E-state index contributed by atoms with van der Waals surface area (Å²) in [4.78, 5) is 0. The van der Waals surface area contributed by atoms with Crippen molar-refractivity contribution in [2.24, 2.45) is 11.3 Å². The first-order chi connectivity index (χ1) is 8.50. The van der Waals surface area contributed by atoms with Gasteiger partial charge in [0.15, 0.2) is 0 Å². The number of ether oxygens (including phenoxy) is 1. The van der Waals surface area contributed by atoms with E-state index in [9.17, 15) is 0 Å². The van der Waals surface area contributed by atoms with Gasteiger partial charge in [0, 0.05) is 5.88 Å². The molecule has 1 aliphatic carbocycles. The lowest BCUT2D eigenvalue weighted by atomic mass is 9.76. The molecule has 2 heteroatoms. The van der Waals surface area contributed by atoms with E-state index in [0.717, 1.165) is 12.3 Å². The smallest absolute Gasteiger partial charge is 0.0687 e. The molecule has 18 heavy (non-hydrogen) atoms. The van der Waals surface area contributed by atoms with Gasteiger partial charge < -0.3 is 4.74 Å². The number of halogens is 1. The molecule has 2 atom stereocenters. The maximum atomic E-state index is 6.48. The molecule has 2 aliphatic rings. The van der Waals surface area contributed by atoms with Gasteiger partial charge in [0.25, 0.3) is 0 Å². The summed E-state index contributed by atoms with van der Waals surface area (Å²) in [6, 6.07) is 0. The van der Waals surface area contributed by atoms with Crippen molar-refractivity contribution < 1.29 is 4.74 Å². The normalized spacial score (nSPS) is 30.8. The van der Waals surface area contributed by atoms with Crippen LogP contribution >= 0.6 is 11.6 Å². The van der Waals surface area contributed by atoms with Gasteiger partial charge in [-0.05, 0) is 43.4 Å². The third-order valence-corrected chi connectivity index (χ3v) is 6.11. The zero-order valence-electron chi connectivity index (χ0n) is 12.3. The Balaban J connectivity index is 1.92. The van der Waals surface area contributed by atoms with Crippen molar-refractivity contribution in [3.05, 3.63) is 0 Å². The van der Waals surface area contributed by atoms with Crippen LogP contribution in [0.5, 0.6) is 0 Å². The summed E-state index contributed by atoms with van der Waals surface area (Å²) in [7, 11) is 0. The van der Waals surface area contributed by atoms with Crippen LogP contribution in [0.3, 0.4) is 0 Å². The fraction of sp³-hybridized carbons (Fsp3) is 1.00. The first kappa shape index (κ1) is 14.7. The van der Waals surface area contributed by atoms with Crippen molar-refractivity contribution >= 4 is 11.6 Å². The minimum Gasteiger partial charge on any atom is -0.372 e. The highest BCUT2D eigenvalue weighted by atomic mass is 35.5. The van der Waals surface area contributed by atoms with Crippen LogP contribution in [0.4, 0.5) is 0 Å². The number of rotatable bonds is 4. The Kier molecular flexibility index (Phi) is 4.65. The van der Waals surface area contributed by atoms with E-state index in [4.69, 9.17) is 16.3 Å². The fourth-order valence-electron chi connectivity index (χ4n) is 3.57. The highest BCUT2D eigenvalue weighted by Crippen LogP contribution is 2.45. The van der Waals surface area contributed by atoms with Crippen molar-refractivity contribution in [3.8, 4) is 0 Å². The Labute approximate surface area is 118 Å². The monoisotopic (exact) mass is 272 g/mol. The van der Waals surface area contributed by atoms with Crippen LogP contribution in [-0.2, 0) is 4.74 Å². The molecule has 0 radical (unpaired) electrons. The van der Waals surface area contributed by atoms with E-state index in [0.29, 0.717) is 12.0 Å². The predicted octanol–water partition coefficient (Wildman–Crippen LogP) is 5.16. The van der Waals surface area contributed by atoms with Crippen LogP contribution < -0.4 is 0 Å². The Morgan fingerprint density at radius 1 is 1.22 bits per heavy atom. The van der Waals surface area contributed by atoms with Gasteiger partial charge in [0.2, 0.25) is 0 Å². The van der Waals surface area contributed by atoms with Crippen LogP contribution in [0.25, 0.3) is 0 Å². The molecular weight excluding hydrogens is 244 g/mol. The molecule has 2 fully saturated rings. The molecule has 0 amide bonds. The van der Waals surface area contributed by atoms with Crippen molar-refractivity contribution in [2.45, 2.75) is 83.8 Å². The van der Waals surface area contributed by atoms with E-state index in [1.807, 2.05) is 0 Å². The molecule has 0 bridgehead atoms. The van der Waals surface area contributed by atoms with Crippen LogP contribution in [0.15, 0.2) is 0 Å². The summed E-state index contributed by atoms with van der Waals surface area (Å²) in [6.45, 7) is 6.89. The van der Waals surface area contributed by atoms with Crippen LogP contribution in [-0.4, -0.2) is 17.6 Å². The van der Waals surface area contributed by atoms with E-state index in [1.165, 1.54) is 44.9 Å². The lowest BCUT2D eigenvalue weighted by Gasteiger charge is -2.37. The summed E-state index contributed by atoms with van der Waals surface area (Å²) in [5, 5.41) is 0. The summed E-state index contributed by atoms with van der Waals surface area (Å²) >= 11 is 6.20. The van der Waals surface area contributed by atoms with E-state index in [1.54, 1.807) is 0 Å². The summed E-state index contributed by atoms with van der Waals surface area (Å²) in [5.74, 6) is 1.37. The van der Waals surface area contributed by atoms with Gasteiger partial charge in [0.05, 0.1) is 11.7 Å². The fourth-order valence-corrected chi connectivity index (χ4v) is 3.99. The van der Waals surface area contributed by atoms with Crippen LogP contribution in [0.1, 0.15) is 72.1 Å². The van der Waals surface area contributed by atoms with Crippen molar-refractivity contribution in [1.29, 1.82) is 0 Å². The second-order valence-corrected chi connectivity index (χ2v) is 7.44. The van der Waals surface area contributed by atoms with E-state index < -0.39 is 0 Å². The molecule has 0 N–H and O–H groups in total. The first-order valence-electron chi connectivity index (χ1n) is 7.73. The Morgan fingerprint density at radius 3 is 2.44 bits per heavy atom. The number of alkyl halides is 1. The SMILES string of the molecule is CC(C)C(C)(CCl)CC1CCC2(CCCCC2)O1. The predicted molar refractivity (Wildman–Crippen MR) is 78.2 cm³/mol. The van der Waals surface area contributed by atoms with E-state index in [-0.39, 0.29) is 11.0 Å². The molecule has 106 valence electrons. The van der Waals surface area contributed by atoms with E-state index >= 15 is 0 Å². The molecule has 1 nitrogen and oxygen atoms in total. The van der Waals surface area contributed by atoms with Crippen molar-refractivity contribution in [3.63, 3.8) is 0 Å². The summed E-state index contributed by atoms with van der Waals surface area (Å²) in [5.41, 5.74) is 0.486. The molecule has 1 aliphatic heterocycles. The minimum atomic E-state index is 0.229. The molecule has 0 aromatic carbocycles. The minimum absolute atomic E-state index is 0.229. The number of hydrogen-bond donors (Lipinski definition) is 0. The molecule has 1 saturated heterocycles. The molecule has 1 heterocycles.